The lowest BCUT2D eigenvalue weighted by atomic mass is 10.2. The van der Waals surface area contributed by atoms with Crippen LogP contribution in [0, 0.1) is 16.0 Å². The van der Waals surface area contributed by atoms with Gasteiger partial charge in [-0.2, -0.15) is 5.10 Å². The zero-order chi connectivity index (χ0) is 19.6. The van der Waals surface area contributed by atoms with E-state index in [1.54, 1.807) is 12.1 Å². The lowest BCUT2D eigenvalue weighted by Gasteiger charge is -2.10. The maximum atomic E-state index is 10.7. The fraction of sp³-hybridized carbons (Fsp3) is 0.263. The van der Waals surface area contributed by atoms with Crippen LogP contribution < -0.4 is 15.5 Å². The minimum Gasteiger partial charge on any atom is -0.493 e. The van der Waals surface area contributed by atoms with E-state index in [4.69, 9.17) is 17.0 Å². The van der Waals surface area contributed by atoms with Gasteiger partial charge in [-0.1, -0.05) is 38.1 Å². The molecule has 0 aliphatic rings. The van der Waals surface area contributed by atoms with Crippen molar-refractivity contribution < 1.29 is 9.66 Å². The SMILES string of the molecule is CC(C)COc1ccc(CNC(=S)N/N=C\c2cccc([N+](=O)[O-])c2)cc1. The van der Waals surface area contributed by atoms with E-state index >= 15 is 0 Å². The van der Waals surface area contributed by atoms with Crippen LogP contribution in [0.25, 0.3) is 0 Å². The summed E-state index contributed by atoms with van der Waals surface area (Å²) in [6, 6.07) is 14.0. The highest BCUT2D eigenvalue weighted by Crippen LogP contribution is 2.13. The zero-order valence-electron chi connectivity index (χ0n) is 15.2. The average Bonchev–Trinajstić information content (AvgIpc) is 2.65. The Morgan fingerprint density at radius 1 is 1.30 bits per heavy atom. The van der Waals surface area contributed by atoms with Gasteiger partial charge in [0, 0.05) is 24.2 Å². The van der Waals surface area contributed by atoms with Crippen molar-refractivity contribution in [2.75, 3.05) is 6.61 Å². The van der Waals surface area contributed by atoms with Crippen molar-refractivity contribution >= 4 is 29.2 Å². The summed E-state index contributed by atoms with van der Waals surface area (Å²) in [6.45, 7) is 5.44. The number of hydrogen-bond acceptors (Lipinski definition) is 5. The zero-order valence-corrected chi connectivity index (χ0v) is 16.0. The van der Waals surface area contributed by atoms with Crippen LogP contribution in [-0.4, -0.2) is 22.9 Å². The van der Waals surface area contributed by atoms with E-state index in [0.29, 0.717) is 29.7 Å². The van der Waals surface area contributed by atoms with E-state index in [1.807, 2.05) is 24.3 Å². The third-order valence-electron chi connectivity index (χ3n) is 3.42. The molecule has 0 bridgehead atoms. The highest BCUT2D eigenvalue weighted by molar-refractivity contribution is 7.80. The van der Waals surface area contributed by atoms with Crippen LogP contribution in [0.2, 0.25) is 0 Å². The van der Waals surface area contributed by atoms with Gasteiger partial charge in [0.25, 0.3) is 5.69 Å². The Balaban J connectivity index is 1.77. The Bertz CT molecular complexity index is 807. The number of benzene rings is 2. The molecule has 0 fully saturated rings. The second kappa shape index (κ2) is 10.2. The van der Waals surface area contributed by atoms with Gasteiger partial charge >= 0.3 is 0 Å². The third kappa shape index (κ3) is 7.41. The van der Waals surface area contributed by atoms with Gasteiger partial charge in [-0.25, -0.2) is 0 Å². The second-order valence-electron chi connectivity index (χ2n) is 6.25. The summed E-state index contributed by atoms with van der Waals surface area (Å²) in [5.74, 6) is 1.33. The molecule has 0 radical (unpaired) electrons. The number of nitro benzene ring substituents is 1. The molecule has 2 aromatic carbocycles. The van der Waals surface area contributed by atoms with Crippen LogP contribution in [-0.2, 0) is 6.54 Å². The van der Waals surface area contributed by atoms with E-state index in [0.717, 1.165) is 11.3 Å². The summed E-state index contributed by atoms with van der Waals surface area (Å²) in [5.41, 5.74) is 4.37. The van der Waals surface area contributed by atoms with Gasteiger partial charge < -0.3 is 10.1 Å². The van der Waals surface area contributed by atoms with Gasteiger partial charge in [0.2, 0.25) is 0 Å². The highest BCUT2D eigenvalue weighted by atomic mass is 32.1. The van der Waals surface area contributed by atoms with Crippen molar-refractivity contribution in [3.63, 3.8) is 0 Å². The maximum absolute atomic E-state index is 10.7. The topological polar surface area (TPSA) is 88.8 Å². The van der Waals surface area contributed by atoms with Gasteiger partial charge in [-0.05, 0) is 35.8 Å². The van der Waals surface area contributed by atoms with Crippen molar-refractivity contribution in [1.82, 2.24) is 10.7 Å². The first-order chi connectivity index (χ1) is 12.9. The molecule has 0 unspecified atom stereocenters. The van der Waals surface area contributed by atoms with Gasteiger partial charge in [0.15, 0.2) is 5.11 Å². The second-order valence-corrected chi connectivity index (χ2v) is 6.66. The number of hydrogen-bond donors (Lipinski definition) is 2. The van der Waals surface area contributed by atoms with Crippen molar-refractivity contribution in [1.29, 1.82) is 0 Å². The summed E-state index contributed by atoms with van der Waals surface area (Å²) < 4.78 is 5.65. The molecule has 8 heteroatoms. The molecule has 0 heterocycles. The smallest absolute Gasteiger partial charge is 0.270 e. The molecular weight excluding hydrogens is 364 g/mol. The molecular formula is C19H22N4O3S. The Labute approximate surface area is 163 Å². The fourth-order valence-electron chi connectivity index (χ4n) is 2.07. The quantitative estimate of drug-likeness (QED) is 0.312. The predicted molar refractivity (Wildman–Crippen MR) is 110 cm³/mol. The van der Waals surface area contributed by atoms with Gasteiger partial charge in [-0.3, -0.25) is 15.5 Å². The molecule has 2 aromatic rings. The fourth-order valence-corrected chi connectivity index (χ4v) is 2.20. The summed E-state index contributed by atoms with van der Waals surface area (Å²) in [6.07, 6.45) is 1.47. The van der Waals surface area contributed by atoms with Gasteiger partial charge in [0.1, 0.15) is 5.75 Å². The lowest BCUT2D eigenvalue weighted by molar-refractivity contribution is -0.384. The number of ether oxygens (including phenoxy) is 1. The lowest BCUT2D eigenvalue weighted by Crippen LogP contribution is -2.31. The van der Waals surface area contributed by atoms with Crippen LogP contribution in [0.1, 0.15) is 25.0 Å². The summed E-state index contributed by atoms with van der Waals surface area (Å²) in [5, 5.41) is 18.1. The third-order valence-corrected chi connectivity index (χ3v) is 3.66. The normalized spacial score (nSPS) is 10.8. The molecule has 0 saturated heterocycles. The number of nitrogens with zero attached hydrogens (tertiary/aromatic N) is 2. The standard InChI is InChI=1S/C19H22N4O3S/c1-14(2)13-26-18-8-6-15(7-9-18)11-20-19(27)22-21-12-16-4-3-5-17(10-16)23(24)25/h3-10,12,14H,11,13H2,1-2H3,(H2,20,22,27)/b21-12-. The molecule has 0 aliphatic carbocycles. The molecule has 7 nitrogen and oxygen atoms in total. The van der Waals surface area contributed by atoms with Crippen LogP contribution >= 0.6 is 12.2 Å². The number of nitro groups is 1. The molecule has 0 spiro atoms. The number of non-ortho nitro benzene ring substituents is 1. The Morgan fingerprint density at radius 3 is 2.70 bits per heavy atom. The first-order valence-electron chi connectivity index (χ1n) is 8.47. The summed E-state index contributed by atoms with van der Waals surface area (Å²) in [7, 11) is 0. The van der Waals surface area contributed by atoms with Crippen LogP contribution in [0.15, 0.2) is 53.6 Å². The summed E-state index contributed by atoms with van der Waals surface area (Å²) in [4.78, 5) is 10.3. The monoisotopic (exact) mass is 386 g/mol. The Kier molecular flexibility index (Phi) is 7.69. The molecule has 0 amide bonds. The largest absolute Gasteiger partial charge is 0.493 e. The van der Waals surface area contributed by atoms with Crippen molar-refractivity contribution in [3.05, 3.63) is 69.8 Å². The number of rotatable bonds is 8. The average molecular weight is 386 g/mol. The van der Waals surface area contributed by atoms with Crippen molar-refractivity contribution in [2.45, 2.75) is 20.4 Å². The van der Waals surface area contributed by atoms with E-state index < -0.39 is 4.92 Å². The number of nitrogens with one attached hydrogen (secondary N) is 2. The molecule has 0 aromatic heterocycles. The molecule has 0 saturated carbocycles. The predicted octanol–water partition coefficient (Wildman–Crippen LogP) is 3.63. The minimum atomic E-state index is -0.448. The number of thiocarbonyl (C=S) groups is 1. The molecule has 0 aliphatic heterocycles. The van der Waals surface area contributed by atoms with E-state index in [9.17, 15) is 10.1 Å². The Morgan fingerprint density at radius 2 is 2.04 bits per heavy atom. The molecule has 142 valence electrons. The molecule has 0 atom stereocenters. The molecule has 2 rings (SSSR count). The maximum Gasteiger partial charge on any atom is 0.270 e. The first kappa shape index (κ1) is 20.3. The number of hydrazone groups is 1. The van der Waals surface area contributed by atoms with Crippen LogP contribution in [0.5, 0.6) is 5.75 Å². The van der Waals surface area contributed by atoms with Crippen molar-refractivity contribution in [2.24, 2.45) is 11.0 Å². The molecule has 2 N–H and O–H groups in total. The summed E-state index contributed by atoms with van der Waals surface area (Å²) >= 11 is 5.16. The van der Waals surface area contributed by atoms with Crippen LogP contribution in [0.3, 0.4) is 0 Å². The van der Waals surface area contributed by atoms with E-state index in [1.165, 1.54) is 18.3 Å². The van der Waals surface area contributed by atoms with E-state index in [-0.39, 0.29) is 5.69 Å². The molecule has 27 heavy (non-hydrogen) atoms. The van der Waals surface area contributed by atoms with Gasteiger partial charge in [-0.15, -0.1) is 0 Å². The highest BCUT2D eigenvalue weighted by Gasteiger charge is 2.04. The first-order valence-corrected chi connectivity index (χ1v) is 8.88. The van der Waals surface area contributed by atoms with Crippen molar-refractivity contribution in [3.8, 4) is 5.75 Å². The van der Waals surface area contributed by atoms with Crippen LogP contribution in [0.4, 0.5) is 5.69 Å². The van der Waals surface area contributed by atoms with Gasteiger partial charge in [0.05, 0.1) is 17.7 Å². The van der Waals surface area contributed by atoms with E-state index in [2.05, 4.69) is 29.7 Å². The minimum absolute atomic E-state index is 0.0143. The Hall–Kier alpha value is -3.00.